The lowest BCUT2D eigenvalue weighted by atomic mass is 9.92. The van der Waals surface area contributed by atoms with Gasteiger partial charge in [-0.05, 0) is 69.4 Å². The van der Waals surface area contributed by atoms with E-state index >= 15 is 0 Å². The van der Waals surface area contributed by atoms with Crippen LogP contribution in [0.5, 0.6) is 0 Å². The molecule has 0 spiro atoms. The summed E-state index contributed by atoms with van der Waals surface area (Å²) < 4.78 is 12.6. The molecular weight excluding hydrogens is 698 g/mol. The van der Waals surface area contributed by atoms with E-state index in [2.05, 4.69) is 109 Å². The van der Waals surface area contributed by atoms with Crippen LogP contribution in [-0.4, -0.2) is 15.0 Å². The van der Waals surface area contributed by atoms with Crippen LogP contribution in [0.1, 0.15) is 0 Å². The fraction of sp³-hybridized carbons (Fsp3) is 0. The summed E-state index contributed by atoms with van der Waals surface area (Å²) in [7, 11) is 0. The number of fused-ring (bicyclic) bond motifs is 7. The van der Waals surface area contributed by atoms with Gasteiger partial charge in [0.25, 0.3) is 0 Å². The van der Waals surface area contributed by atoms with Crippen molar-refractivity contribution >= 4 is 66.3 Å². The Kier molecular flexibility index (Phi) is 7.15. The van der Waals surface area contributed by atoms with Gasteiger partial charge >= 0.3 is 0 Å². The normalized spacial score (nSPS) is 11.7. The van der Waals surface area contributed by atoms with Crippen LogP contribution in [0.4, 0.5) is 0 Å². The molecule has 0 aliphatic carbocycles. The Bertz CT molecular complexity index is 3280. The van der Waals surface area contributed by atoms with E-state index in [0.717, 1.165) is 88.0 Å². The molecule has 11 aromatic rings. The summed E-state index contributed by atoms with van der Waals surface area (Å²) in [5.74, 6) is 1.70. The van der Waals surface area contributed by atoms with Crippen LogP contribution in [0.2, 0.25) is 5.02 Å². The van der Waals surface area contributed by atoms with E-state index in [0.29, 0.717) is 28.1 Å². The Morgan fingerprint density at radius 2 is 0.964 bits per heavy atom. The first-order valence-corrected chi connectivity index (χ1v) is 18.5. The third-order valence-corrected chi connectivity index (χ3v) is 10.7. The first-order chi connectivity index (χ1) is 27.2. The summed E-state index contributed by atoms with van der Waals surface area (Å²) in [6, 6.07) is 57.7. The maximum Gasteiger partial charge on any atom is 0.164 e. The zero-order valence-corrected chi connectivity index (χ0v) is 30.0. The molecule has 0 bridgehead atoms. The summed E-state index contributed by atoms with van der Waals surface area (Å²) in [5, 5.41) is 6.69. The molecule has 0 N–H and O–H groups in total. The monoisotopic (exact) mass is 725 g/mol. The Balaban J connectivity index is 1.17. The topological polar surface area (TPSA) is 65.0 Å². The van der Waals surface area contributed by atoms with Crippen LogP contribution in [0.25, 0.3) is 111 Å². The molecule has 8 aromatic carbocycles. The number of aromatic nitrogens is 3. The predicted molar refractivity (Wildman–Crippen MR) is 224 cm³/mol. The average molecular weight is 726 g/mol. The molecule has 55 heavy (non-hydrogen) atoms. The third-order valence-electron chi connectivity index (χ3n) is 10.4. The minimum Gasteiger partial charge on any atom is -0.456 e. The smallest absolute Gasteiger partial charge is 0.164 e. The summed E-state index contributed by atoms with van der Waals surface area (Å²) in [4.78, 5) is 15.6. The first kappa shape index (κ1) is 31.4. The van der Waals surface area contributed by atoms with E-state index in [-0.39, 0.29) is 0 Å². The lowest BCUT2D eigenvalue weighted by molar-refractivity contribution is 0.668. The van der Waals surface area contributed by atoms with Gasteiger partial charge in [-0.2, -0.15) is 0 Å². The van der Waals surface area contributed by atoms with Crippen molar-refractivity contribution in [2.75, 3.05) is 0 Å². The van der Waals surface area contributed by atoms with Crippen molar-refractivity contribution in [1.82, 2.24) is 15.0 Å². The third kappa shape index (κ3) is 5.20. The van der Waals surface area contributed by atoms with E-state index in [9.17, 15) is 0 Å². The van der Waals surface area contributed by atoms with Crippen molar-refractivity contribution < 1.29 is 8.83 Å². The summed E-state index contributed by atoms with van der Waals surface area (Å²) >= 11 is 6.77. The highest BCUT2D eigenvalue weighted by molar-refractivity contribution is 6.37. The van der Waals surface area contributed by atoms with Crippen molar-refractivity contribution in [3.8, 4) is 56.4 Å². The number of rotatable bonds is 5. The van der Waals surface area contributed by atoms with Gasteiger partial charge in [0, 0.05) is 38.2 Å². The van der Waals surface area contributed by atoms with Crippen LogP contribution >= 0.6 is 11.6 Å². The zero-order valence-electron chi connectivity index (χ0n) is 29.2. The number of furan rings is 2. The molecule has 0 radical (unpaired) electrons. The molecule has 3 aromatic heterocycles. The SMILES string of the molecule is Clc1ccc(-c2cc(-c3nc(-c4ccc(-c5ccccc5)cc4)nc(-c4cccc5oc6ccccc6c45)n3)cc3ccccc23)c2c1oc1ccccc12. The molecule has 0 atom stereocenters. The molecule has 5 nitrogen and oxygen atoms in total. The molecule has 0 fully saturated rings. The summed E-state index contributed by atoms with van der Waals surface area (Å²) in [5.41, 5.74) is 9.99. The molecule has 6 heteroatoms. The van der Waals surface area contributed by atoms with Gasteiger partial charge in [0.2, 0.25) is 0 Å². The molecule has 0 saturated carbocycles. The van der Waals surface area contributed by atoms with Crippen molar-refractivity contribution in [2.24, 2.45) is 0 Å². The molecular formula is C49H28ClN3O2. The maximum absolute atomic E-state index is 6.77. The second-order valence-corrected chi connectivity index (χ2v) is 14.1. The van der Waals surface area contributed by atoms with E-state index in [4.69, 9.17) is 35.4 Å². The van der Waals surface area contributed by atoms with Gasteiger partial charge < -0.3 is 8.83 Å². The van der Waals surface area contributed by atoms with Gasteiger partial charge in [0.1, 0.15) is 16.7 Å². The number of para-hydroxylation sites is 2. The van der Waals surface area contributed by atoms with Crippen molar-refractivity contribution in [3.63, 3.8) is 0 Å². The predicted octanol–water partition coefficient (Wildman–Crippen LogP) is 13.8. The van der Waals surface area contributed by atoms with Crippen LogP contribution < -0.4 is 0 Å². The van der Waals surface area contributed by atoms with Crippen molar-refractivity contribution in [3.05, 3.63) is 175 Å². The van der Waals surface area contributed by atoms with Gasteiger partial charge in [0.15, 0.2) is 23.1 Å². The average Bonchev–Trinajstić information content (AvgIpc) is 3.84. The molecule has 3 heterocycles. The summed E-state index contributed by atoms with van der Waals surface area (Å²) in [6.07, 6.45) is 0. The second-order valence-electron chi connectivity index (χ2n) is 13.7. The molecule has 0 aliphatic rings. The molecule has 258 valence electrons. The molecule has 0 saturated heterocycles. The fourth-order valence-corrected chi connectivity index (χ4v) is 8.04. The van der Waals surface area contributed by atoms with Gasteiger partial charge in [-0.25, -0.2) is 15.0 Å². The van der Waals surface area contributed by atoms with Gasteiger partial charge in [0.05, 0.1) is 5.02 Å². The molecule has 0 unspecified atom stereocenters. The van der Waals surface area contributed by atoms with E-state index < -0.39 is 0 Å². The van der Waals surface area contributed by atoms with Crippen LogP contribution in [-0.2, 0) is 0 Å². The van der Waals surface area contributed by atoms with Gasteiger partial charge in [-0.3, -0.25) is 0 Å². The Hall–Kier alpha value is -7.08. The van der Waals surface area contributed by atoms with Crippen molar-refractivity contribution in [1.29, 1.82) is 0 Å². The minimum atomic E-state index is 0.561. The molecule has 0 aliphatic heterocycles. The van der Waals surface area contributed by atoms with Crippen LogP contribution in [0.15, 0.2) is 179 Å². The van der Waals surface area contributed by atoms with Gasteiger partial charge in [-0.15, -0.1) is 0 Å². The fourth-order valence-electron chi connectivity index (χ4n) is 7.84. The number of nitrogens with zero attached hydrogens (tertiary/aromatic N) is 3. The number of benzene rings is 8. The van der Waals surface area contributed by atoms with E-state index in [1.165, 1.54) is 0 Å². The highest BCUT2D eigenvalue weighted by Crippen LogP contribution is 2.44. The van der Waals surface area contributed by atoms with E-state index in [1.807, 2.05) is 60.7 Å². The van der Waals surface area contributed by atoms with Gasteiger partial charge in [-0.1, -0.05) is 145 Å². The quantitative estimate of drug-likeness (QED) is 0.177. The number of hydrogen-bond acceptors (Lipinski definition) is 5. The largest absolute Gasteiger partial charge is 0.456 e. The second kappa shape index (κ2) is 12.5. The number of hydrogen-bond donors (Lipinski definition) is 0. The lowest BCUT2D eigenvalue weighted by Gasteiger charge is -2.14. The summed E-state index contributed by atoms with van der Waals surface area (Å²) in [6.45, 7) is 0. The Morgan fingerprint density at radius 3 is 1.76 bits per heavy atom. The molecule has 0 amide bonds. The highest BCUT2D eigenvalue weighted by atomic mass is 35.5. The molecule has 11 rings (SSSR count). The van der Waals surface area contributed by atoms with Crippen LogP contribution in [0, 0.1) is 0 Å². The zero-order chi connectivity index (χ0) is 36.5. The Labute approximate surface area is 320 Å². The standard InChI is InChI=1S/C49H28ClN3O2/c50-40-26-25-35(45-37-16-7-9-19-42(37)55-46(40)45)39-28-33(27-32-13-4-5-14-34(32)39)48-51-47(31-23-21-30(22-24-31)29-11-2-1-3-12-29)52-49(53-48)38-17-10-20-43-44(38)36-15-6-8-18-41(36)54-43/h1-28H. The lowest BCUT2D eigenvalue weighted by Crippen LogP contribution is -2.01. The van der Waals surface area contributed by atoms with Crippen molar-refractivity contribution in [2.45, 2.75) is 0 Å². The number of halogens is 1. The first-order valence-electron chi connectivity index (χ1n) is 18.1. The minimum absolute atomic E-state index is 0.561. The van der Waals surface area contributed by atoms with Crippen LogP contribution in [0.3, 0.4) is 0 Å². The maximum atomic E-state index is 6.77. The Morgan fingerprint density at radius 1 is 0.364 bits per heavy atom. The van der Waals surface area contributed by atoms with E-state index in [1.54, 1.807) is 0 Å². The highest BCUT2D eigenvalue weighted by Gasteiger charge is 2.21.